The first-order valence-electron chi connectivity index (χ1n) is 21.2. The van der Waals surface area contributed by atoms with Gasteiger partial charge in [-0.3, -0.25) is 0 Å². The van der Waals surface area contributed by atoms with Crippen LogP contribution < -0.4 is 0 Å². The first-order chi connectivity index (χ1) is 25.3. The summed E-state index contributed by atoms with van der Waals surface area (Å²) in [6.45, 7) is 34.3. The van der Waals surface area contributed by atoms with Gasteiger partial charge in [-0.15, -0.1) is 24.8 Å². The number of allylic oxidation sites excluding steroid dienone is 4. The van der Waals surface area contributed by atoms with Gasteiger partial charge in [0.15, 0.2) is 0 Å². The van der Waals surface area contributed by atoms with Crippen LogP contribution in [0.5, 0.6) is 0 Å². The van der Waals surface area contributed by atoms with Gasteiger partial charge < -0.3 is 0 Å². The Labute approximate surface area is 357 Å². The molecule has 0 heterocycles. The smallest absolute Gasteiger partial charge is 0.147 e. The van der Waals surface area contributed by atoms with Crippen LogP contribution in [0.2, 0.25) is 8.76 Å². The van der Waals surface area contributed by atoms with E-state index in [0.29, 0.717) is 19.1 Å². The third kappa shape index (κ3) is 7.89. The second-order valence-corrected chi connectivity index (χ2v) is 48.5. The third-order valence-corrected chi connectivity index (χ3v) is 37.2. The first-order valence-corrected chi connectivity index (χ1v) is 34.2. The molecule has 0 saturated heterocycles. The summed E-state index contributed by atoms with van der Waals surface area (Å²) in [4.78, 5) is 0. The Bertz CT molecular complexity index is 2040. The van der Waals surface area contributed by atoms with E-state index < -0.39 is 17.4 Å². The van der Waals surface area contributed by atoms with Crippen LogP contribution in [0.15, 0.2) is 96.1 Å². The Morgan fingerprint density at radius 2 is 0.911 bits per heavy atom. The Hall–Kier alpha value is -1.96. The van der Waals surface area contributed by atoms with Crippen molar-refractivity contribution in [2.45, 2.75) is 137 Å². The van der Waals surface area contributed by atoms with Crippen molar-refractivity contribution in [3.63, 3.8) is 0 Å². The molecule has 0 fully saturated rings. The van der Waals surface area contributed by atoms with Gasteiger partial charge in [-0.25, -0.2) is 0 Å². The fourth-order valence-electron chi connectivity index (χ4n) is 11.4. The molecule has 0 aromatic heterocycles. The van der Waals surface area contributed by atoms with Crippen LogP contribution in [-0.4, -0.2) is 6.88 Å². The molecule has 2 aliphatic rings. The zero-order chi connectivity index (χ0) is 39.6. The maximum Gasteiger partial charge on any atom is -0.147 e. The van der Waals surface area contributed by atoms with E-state index >= 15 is 0 Å². The minimum atomic E-state index is -4.07. The Morgan fingerprint density at radius 1 is 0.571 bits per heavy atom. The van der Waals surface area contributed by atoms with E-state index in [0.717, 1.165) is 0 Å². The molecule has 302 valence electrons. The Balaban J connectivity index is 0.00000348. The van der Waals surface area contributed by atoms with Crippen LogP contribution in [0.3, 0.4) is 0 Å². The van der Waals surface area contributed by atoms with Crippen molar-refractivity contribution >= 4 is 42.8 Å². The van der Waals surface area contributed by atoms with E-state index in [9.17, 15) is 0 Å². The second-order valence-electron chi connectivity index (χ2n) is 20.1. The van der Waals surface area contributed by atoms with E-state index in [1.807, 2.05) is 0 Å². The van der Waals surface area contributed by atoms with E-state index in [1.54, 1.807) is 33.4 Å². The topological polar surface area (TPSA) is 0 Å². The number of halogens is 2. The van der Waals surface area contributed by atoms with E-state index in [4.69, 9.17) is 0 Å². The van der Waals surface area contributed by atoms with Gasteiger partial charge in [0, 0.05) is 0 Å². The quantitative estimate of drug-likeness (QED) is 0.139. The monoisotopic (exact) mass is 884 g/mol. The molecule has 6 rings (SSSR count). The van der Waals surface area contributed by atoms with E-state index in [1.165, 1.54) is 67.9 Å². The average Bonchev–Trinajstić information content (AvgIpc) is 3.64. The van der Waals surface area contributed by atoms with Gasteiger partial charge >= 0.3 is 335 Å². The van der Waals surface area contributed by atoms with E-state index in [2.05, 4.69) is 186 Å². The number of hydrogen-bond donors (Lipinski definition) is 0. The molecular formula is C52H72Cl2SiZr. The first kappa shape index (κ1) is 46.7. The minimum Gasteiger partial charge on any atom is -0.147 e. The van der Waals surface area contributed by atoms with Crippen LogP contribution >= 0.6 is 24.8 Å². The van der Waals surface area contributed by atoms with Crippen LogP contribution in [0.25, 0.3) is 33.4 Å². The van der Waals surface area contributed by atoms with Crippen molar-refractivity contribution in [3.8, 4) is 22.3 Å². The van der Waals surface area contributed by atoms with Crippen molar-refractivity contribution < 1.29 is 17.4 Å². The Kier molecular flexibility index (Phi) is 14.1. The molecule has 4 heteroatoms. The van der Waals surface area contributed by atoms with Gasteiger partial charge in [-0.05, 0) is 0 Å². The van der Waals surface area contributed by atoms with Gasteiger partial charge in [-0.1, -0.05) is 0 Å². The van der Waals surface area contributed by atoms with Crippen LogP contribution in [0, 0.1) is 10.8 Å². The minimum absolute atomic E-state index is 0. The van der Waals surface area contributed by atoms with Crippen LogP contribution in [0.1, 0.15) is 162 Å². The zero-order valence-corrected chi connectivity index (χ0v) is 42.7. The molecule has 0 amide bonds. The van der Waals surface area contributed by atoms with Crippen molar-refractivity contribution in [1.29, 1.82) is 0 Å². The summed E-state index contributed by atoms with van der Waals surface area (Å²) < 4.78 is 5.20. The number of benzene rings is 4. The summed E-state index contributed by atoms with van der Waals surface area (Å²) in [5.41, 5.74) is 21.3. The molecule has 4 unspecified atom stereocenters. The molecule has 0 N–H and O–H groups in total. The zero-order valence-electron chi connectivity index (χ0n) is 37.2. The predicted octanol–water partition coefficient (Wildman–Crippen LogP) is 16.5. The van der Waals surface area contributed by atoms with Crippen molar-refractivity contribution in [2.75, 3.05) is 0 Å². The van der Waals surface area contributed by atoms with Gasteiger partial charge in [0.25, 0.3) is 0 Å². The van der Waals surface area contributed by atoms with Crippen molar-refractivity contribution in [1.82, 2.24) is 0 Å². The second kappa shape index (κ2) is 17.0. The molecular weight excluding hydrogens is 815 g/mol. The molecule has 4 aromatic rings. The standard InChI is InChI=1S/2C24H29.C3H7.CH3.2ClH.H2Si.Zr/c2*1-7-16(2)18-11-13-19(14-12-18)21-10-8-9-20-15-22(24(4,5)6)17(3)23(20)21;1-3-2;;;;;/h2*8-16H,7H2,1-6H3;1,3H2,2H3;1H3;2*1H;1H2;. The third-order valence-electron chi connectivity index (χ3n) is 14.1. The average molecular weight is 887 g/mol. The SMILES string of the molecule is CC[CH2][Zr]([CH3])(=[SiH2])([CH]1C(C(C)(C)C)=C(C)c2c(-c3ccc(C(C)CC)cc3)cccc21)[CH]1C(C(C)(C)C)=C(C)c2c(-c3ccc(C(C)CC)cc3)cccc21.Cl.Cl. The number of rotatable bonds is 10. The summed E-state index contributed by atoms with van der Waals surface area (Å²) in [5, 5.41) is 0. The maximum atomic E-state index is 2.92. The summed E-state index contributed by atoms with van der Waals surface area (Å²) >= 11 is -4.07. The molecule has 2 aliphatic carbocycles. The molecule has 4 atom stereocenters. The van der Waals surface area contributed by atoms with Gasteiger partial charge in [0.2, 0.25) is 0 Å². The predicted molar refractivity (Wildman–Crippen MR) is 255 cm³/mol. The Morgan fingerprint density at radius 3 is 1.20 bits per heavy atom. The molecule has 0 radical (unpaired) electrons. The van der Waals surface area contributed by atoms with Gasteiger partial charge in [0.1, 0.15) is 0 Å². The fourth-order valence-corrected chi connectivity index (χ4v) is 37.4. The summed E-state index contributed by atoms with van der Waals surface area (Å²) in [5.74, 6) is 1.16. The molecule has 0 nitrogen and oxygen atoms in total. The molecule has 0 saturated carbocycles. The molecule has 4 aromatic carbocycles. The van der Waals surface area contributed by atoms with Crippen molar-refractivity contribution in [2.24, 2.45) is 10.8 Å². The normalized spacial score (nSPS) is 18.3. The van der Waals surface area contributed by atoms with Gasteiger partial charge in [-0.2, -0.15) is 0 Å². The molecule has 0 bridgehead atoms. The van der Waals surface area contributed by atoms with Gasteiger partial charge in [0.05, 0.1) is 0 Å². The number of hydrogen-bond acceptors (Lipinski definition) is 0. The summed E-state index contributed by atoms with van der Waals surface area (Å²) in [7, 11) is 0. The largest absolute Gasteiger partial charge is 0.147 e. The van der Waals surface area contributed by atoms with E-state index in [-0.39, 0.29) is 35.6 Å². The summed E-state index contributed by atoms with van der Waals surface area (Å²) in [6, 6.07) is 33.9. The van der Waals surface area contributed by atoms with Crippen molar-refractivity contribution in [3.05, 3.63) is 129 Å². The molecule has 0 aliphatic heterocycles. The molecule has 56 heavy (non-hydrogen) atoms. The van der Waals surface area contributed by atoms with Crippen LogP contribution in [0.4, 0.5) is 0 Å². The fraction of sp³-hybridized carbons (Fsp3) is 0.462. The van der Waals surface area contributed by atoms with Crippen LogP contribution in [-0.2, 0) is 17.4 Å². The summed E-state index contributed by atoms with van der Waals surface area (Å²) in [6.07, 6.45) is 3.56. The molecule has 0 spiro atoms. The maximum absolute atomic E-state index is 4.07. The number of fused-ring (bicyclic) bond motifs is 2.